The third-order valence-electron chi connectivity index (χ3n) is 4.74. The van der Waals surface area contributed by atoms with Gasteiger partial charge in [-0.15, -0.1) is 0 Å². The maximum atomic E-state index is 6.09. The van der Waals surface area contributed by atoms with Crippen molar-refractivity contribution in [1.82, 2.24) is 15.5 Å². The molecule has 0 bridgehead atoms. The second kappa shape index (κ2) is 10.8. The monoisotopic (exact) mass is 380 g/mol. The number of halogens is 1. The highest BCUT2D eigenvalue weighted by Gasteiger charge is 2.20. The van der Waals surface area contributed by atoms with Gasteiger partial charge >= 0.3 is 0 Å². The fraction of sp³-hybridized carbons (Fsp3) is 0.650. The van der Waals surface area contributed by atoms with Crippen LogP contribution in [-0.2, 0) is 4.74 Å². The number of likely N-dealkylation sites (tertiary alicyclic amines) is 1. The Labute approximate surface area is 163 Å². The van der Waals surface area contributed by atoms with Crippen molar-refractivity contribution in [1.29, 1.82) is 0 Å². The number of piperidine rings is 1. The van der Waals surface area contributed by atoms with Gasteiger partial charge in [-0.3, -0.25) is 4.99 Å². The molecule has 0 aromatic heterocycles. The normalized spacial score (nSPS) is 18.2. The number of rotatable bonds is 7. The molecule has 1 atom stereocenters. The molecule has 0 amide bonds. The van der Waals surface area contributed by atoms with Crippen molar-refractivity contribution in [2.75, 3.05) is 40.3 Å². The summed E-state index contributed by atoms with van der Waals surface area (Å²) in [5, 5.41) is 7.66. The van der Waals surface area contributed by atoms with Gasteiger partial charge in [0.25, 0.3) is 0 Å². The van der Waals surface area contributed by atoms with Gasteiger partial charge in [0, 0.05) is 51.4 Å². The molecule has 0 aliphatic carbocycles. The Morgan fingerprint density at radius 1 is 1.35 bits per heavy atom. The lowest BCUT2D eigenvalue weighted by atomic mass is 10.0. The summed E-state index contributed by atoms with van der Waals surface area (Å²) >= 11 is 6.09. The number of hydrogen-bond acceptors (Lipinski definition) is 3. The van der Waals surface area contributed by atoms with E-state index in [2.05, 4.69) is 34.4 Å². The minimum absolute atomic E-state index is 0.0693. The second-order valence-corrected chi connectivity index (χ2v) is 7.78. The van der Waals surface area contributed by atoms with Gasteiger partial charge in [0.1, 0.15) is 0 Å². The molecule has 5 nitrogen and oxygen atoms in total. The maximum absolute atomic E-state index is 6.09. The number of methoxy groups -OCH3 is 1. The minimum atomic E-state index is -0.0693. The lowest BCUT2D eigenvalue weighted by molar-refractivity contribution is 0.106. The Bertz CT molecular complexity index is 571. The zero-order valence-corrected chi connectivity index (χ0v) is 17.2. The molecule has 0 radical (unpaired) electrons. The minimum Gasteiger partial charge on any atom is -0.375 e. The first-order valence-corrected chi connectivity index (χ1v) is 9.87. The highest BCUT2D eigenvalue weighted by molar-refractivity contribution is 6.30. The van der Waals surface area contributed by atoms with Crippen molar-refractivity contribution < 1.29 is 4.74 Å². The van der Waals surface area contributed by atoms with Crippen molar-refractivity contribution in [2.45, 2.75) is 38.8 Å². The first kappa shape index (κ1) is 21.0. The molecule has 6 heteroatoms. The van der Waals surface area contributed by atoms with Crippen LogP contribution >= 0.6 is 11.6 Å². The van der Waals surface area contributed by atoms with Crippen LogP contribution in [0.4, 0.5) is 0 Å². The number of nitrogens with one attached hydrogen (secondary N) is 2. The topological polar surface area (TPSA) is 48.9 Å². The summed E-state index contributed by atoms with van der Waals surface area (Å²) in [7, 11) is 3.53. The predicted octanol–water partition coefficient (Wildman–Crippen LogP) is 3.31. The van der Waals surface area contributed by atoms with Gasteiger partial charge < -0.3 is 20.3 Å². The summed E-state index contributed by atoms with van der Waals surface area (Å²) in [6.07, 6.45) is 2.23. The van der Waals surface area contributed by atoms with E-state index < -0.39 is 0 Å². The quantitative estimate of drug-likeness (QED) is 0.562. The smallest absolute Gasteiger partial charge is 0.191 e. The predicted molar refractivity (Wildman–Crippen MR) is 110 cm³/mol. The Kier molecular flexibility index (Phi) is 8.69. The van der Waals surface area contributed by atoms with Crippen molar-refractivity contribution in [3.63, 3.8) is 0 Å². The van der Waals surface area contributed by atoms with Crippen molar-refractivity contribution in [3.05, 3.63) is 34.9 Å². The van der Waals surface area contributed by atoms with Crippen LogP contribution in [0.1, 0.15) is 38.4 Å². The first-order valence-electron chi connectivity index (χ1n) is 9.49. The first-order chi connectivity index (χ1) is 12.5. The summed E-state index contributed by atoms with van der Waals surface area (Å²) in [5.74, 6) is 1.56. The van der Waals surface area contributed by atoms with Crippen LogP contribution in [0.15, 0.2) is 29.3 Å². The van der Waals surface area contributed by atoms with E-state index in [0.717, 1.165) is 48.4 Å². The molecule has 0 spiro atoms. The van der Waals surface area contributed by atoms with Gasteiger partial charge in [0.2, 0.25) is 0 Å². The molecule has 1 unspecified atom stereocenters. The average molecular weight is 381 g/mol. The lowest BCUT2D eigenvalue weighted by Gasteiger charge is -2.34. The Morgan fingerprint density at radius 3 is 2.65 bits per heavy atom. The van der Waals surface area contributed by atoms with Crippen LogP contribution in [0.3, 0.4) is 0 Å². The van der Waals surface area contributed by atoms with Gasteiger partial charge in [-0.25, -0.2) is 0 Å². The summed E-state index contributed by atoms with van der Waals surface area (Å²) < 4.78 is 5.62. The number of aliphatic imine (C=N–C) groups is 1. The zero-order chi connectivity index (χ0) is 18.9. The highest BCUT2D eigenvalue weighted by atomic mass is 35.5. The van der Waals surface area contributed by atoms with Crippen LogP contribution < -0.4 is 10.6 Å². The maximum Gasteiger partial charge on any atom is 0.191 e. The molecule has 0 saturated carbocycles. The van der Waals surface area contributed by atoms with Gasteiger partial charge in [0.15, 0.2) is 5.96 Å². The van der Waals surface area contributed by atoms with Gasteiger partial charge in [0.05, 0.1) is 6.10 Å². The van der Waals surface area contributed by atoms with Gasteiger partial charge in [-0.05, 0) is 36.5 Å². The number of guanidine groups is 1. The molecule has 1 aliphatic heterocycles. The van der Waals surface area contributed by atoms with Crippen LogP contribution in [0.5, 0.6) is 0 Å². The third-order valence-corrected chi connectivity index (χ3v) is 4.97. The SMILES string of the molecule is CN=C(NCC(OC)c1cccc(Cl)c1)NC1CCN(CC(C)C)CC1. The van der Waals surface area contributed by atoms with Crippen LogP contribution in [0.2, 0.25) is 5.02 Å². The Balaban J connectivity index is 1.80. The number of benzene rings is 1. The second-order valence-electron chi connectivity index (χ2n) is 7.35. The molecular weight excluding hydrogens is 348 g/mol. The molecule has 1 saturated heterocycles. The summed E-state index contributed by atoms with van der Waals surface area (Å²) in [4.78, 5) is 6.92. The van der Waals surface area contributed by atoms with Gasteiger partial charge in [-0.2, -0.15) is 0 Å². The largest absolute Gasteiger partial charge is 0.375 e. The molecule has 2 rings (SSSR count). The summed E-state index contributed by atoms with van der Waals surface area (Å²) in [5.41, 5.74) is 1.06. The van der Waals surface area contributed by atoms with Crippen LogP contribution in [-0.4, -0.2) is 57.2 Å². The Hall–Kier alpha value is -1.30. The fourth-order valence-electron chi connectivity index (χ4n) is 3.40. The van der Waals surface area contributed by atoms with Crippen LogP contribution in [0.25, 0.3) is 0 Å². The van der Waals surface area contributed by atoms with Crippen molar-refractivity contribution in [3.8, 4) is 0 Å². The van der Waals surface area contributed by atoms with Crippen molar-refractivity contribution in [2.24, 2.45) is 10.9 Å². The fourth-order valence-corrected chi connectivity index (χ4v) is 3.60. The van der Waals surface area contributed by atoms with E-state index in [1.54, 1.807) is 7.11 Å². The molecule has 1 aliphatic rings. The molecule has 1 fully saturated rings. The third kappa shape index (κ3) is 6.78. The lowest BCUT2D eigenvalue weighted by Crippen LogP contribution is -2.49. The highest BCUT2D eigenvalue weighted by Crippen LogP contribution is 2.19. The summed E-state index contributed by atoms with van der Waals surface area (Å²) in [6, 6.07) is 8.26. The average Bonchev–Trinajstić information content (AvgIpc) is 2.62. The van der Waals surface area contributed by atoms with Gasteiger partial charge in [-0.1, -0.05) is 37.6 Å². The number of ether oxygens (including phenoxy) is 1. The van der Waals surface area contributed by atoms with Crippen LogP contribution in [0, 0.1) is 5.92 Å². The molecule has 1 heterocycles. The standard InChI is InChI=1S/C20H33ClN4O/c1-15(2)14-25-10-8-18(9-11-25)24-20(22-3)23-13-19(26-4)16-6-5-7-17(21)12-16/h5-7,12,15,18-19H,8-11,13-14H2,1-4H3,(H2,22,23,24). The number of hydrogen-bond donors (Lipinski definition) is 2. The van der Waals surface area contributed by atoms with E-state index in [1.807, 2.05) is 31.3 Å². The van der Waals surface area contributed by atoms with Crippen molar-refractivity contribution >= 4 is 17.6 Å². The molecule has 1 aromatic rings. The van der Waals surface area contributed by atoms with E-state index in [9.17, 15) is 0 Å². The Morgan fingerprint density at radius 2 is 2.08 bits per heavy atom. The molecule has 2 N–H and O–H groups in total. The summed E-state index contributed by atoms with van der Waals surface area (Å²) in [6.45, 7) is 8.69. The van der Waals surface area contributed by atoms with E-state index in [1.165, 1.54) is 6.54 Å². The zero-order valence-electron chi connectivity index (χ0n) is 16.5. The molecule has 146 valence electrons. The molecule has 1 aromatic carbocycles. The molecular formula is C20H33ClN4O. The van der Waals surface area contributed by atoms with E-state index >= 15 is 0 Å². The number of nitrogens with zero attached hydrogens (tertiary/aromatic N) is 2. The van der Waals surface area contributed by atoms with E-state index in [-0.39, 0.29) is 6.10 Å². The molecule has 26 heavy (non-hydrogen) atoms. The van der Waals surface area contributed by atoms with E-state index in [0.29, 0.717) is 12.6 Å². The van der Waals surface area contributed by atoms with E-state index in [4.69, 9.17) is 16.3 Å².